The van der Waals surface area contributed by atoms with Gasteiger partial charge in [-0.25, -0.2) is 0 Å². The van der Waals surface area contributed by atoms with Crippen LogP contribution in [-0.4, -0.2) is 46.8 Å². The van der Waals surface area contributed by atoms with Gasteiger partial charge in [0.25, 0.3) is 0 Å². The number of rotatable bonds is 5. The Labute approximate surface area is 174 Å². The van der Waals surface area contributed by atoms with E-state index in [1.165, 1.54) is 5.56 Å². The van der Waals surface area contributed by atoms with Gasteiger partial charge in [-0.3, -0.25) is 9.59 Å². The van der Waals surface area contributed by atoms with E-state index in [1.807, 2.05) is 23.1 Å². The van der Waals surface area contributed by atoms with E-state index < -0.39 is 0 Å². The average molecular weight is 406 g/mol. The number of carbonyl (C=O) groups is 2. The van der Waals surface area contributed by atoms with E-state index in [9.17, 15) is 9.59 Å². The molecule has 5 nitrogen and oxygen atoms in total. The molecule has 6 heteroatoms. The molecule has 2 aliphatic carbocycles. The Morgan fingerprint density at radius 3 is 2.21 bits per heavy atom. The zero-order chi connectivity index (χ0) is 18.8. The molecule has 0 aromatic heterocycles. The van der Waals surface area contributed by atoms with Crippen LogP contribution in [0.15, 0.2) is 30.3 Å². The molecule has 1 aromatic rings. The lowest BCUT2D eigenvalue weighted by atomic mass is 9.93. The summed E-state index contributed by atoms with van der Waals surface area (Å²) < 4.78 is 0. The Balaban J connectivity index is 0.00000225. The van der Waals surface area contributed by atoms with Gasteiger partial charge in [-0.2, -0.15) is 0 Å². The number of likely N-dealkylation sites (tertiary alicyclic amines) is 1. The maximum absolute atomic E-state index is 13.2. The fourth-order valence-corrected chi connectivity index (χ4v) is 4.63. The highest BCUT2D eigenvalue weighted by molar-refractivity contribution is 5.85. The molecule has 154 valence electrons. The summed E-state index contributed by atoms with van der Waals surface area (Å²) in [6, 6.07) is 10.9. The molecule has 28 heavy (non-hydrogen) atoms. The number of nitrogens with zero attached hydrogens (tertiary/aromatic N) is 2. The van der Waals surface area contributed by atoms with Gasteiger partial charge >= 0.3 is 0 Å². The zero-order valence-corrected chi connectivity index (χ0v) is 17.3. The number of amides is 2. The monoisotopic (exact) mass is 405 g/mol. The first-order valence-electron chi connectivity index (χ1n) is 10.5. The second-order valence-corrected chi connectivity index (χ2v) is 8.55. The smallest absolute Gasteiger partial charge is 0.226 e. The number of benzene rings is 1. The summed E-state index contributed by atoms with van der Waals surface area (Å²) in [5.74, 6) is 0.714. The van der Waals surface area contributed by atoms with Crippen molar-refractivity contribution >= 4 is 24.2 Å². The first kappa shape index (κ1) is 21.1. The van der Waals surface area contributed by atoms with Crippen LogP contribution in [-0.2, 0) is 16.1 Å². The summed E-state index contributed by atoms with van der Waals surface area (Å²) >= 11 is 0. The zero-order valence-electron chi connectivity index (χ0n) is 16.5. The third-order valence-corrected chi connectivity index (χ3v) is 6.44. The molecule has 1 aliphatic heterocycles. The van der Waals surface area contributed by atoms with Gasteiger partial charge in [0, 0.05) is 43.6 Å². The van der Waals surface area contributed by atoms with Crippen LogP contribution in [0.25, 0.3) is 0 Å². The fourth-order valence-electron chi connectivity index (χ4n) is 4.63. The van der Waals surface area contributed by atoms with E-state index in [1.54, 1.807) is 0 Å². The normalized spacial score (nSPS) is 25.2. The van der Waals surface area contributed by atoms with Gasteiger partial charge in [0.2, 0.25) is 11.8 Å². The highest BCUT2D eigenvalue weighted by Gasteiger charge is 2.38. The van der Waals surface area contributed by atoms with E-state index >= 15 is 0 Å². The second-order valence-electron chi connectivity index (χ2n) is 8.55. The Morgan fingerprint density at radius 1 is 0.964 bits per heavy atom. The minimum absolute atomic E-state index is 0. The Hall–Kier alpha value is -1.59. The molecule has 0 bridgehead atoms. The van der Waals surface area contributed by atoms with Crippen LogP contribution in [0.1, 0.15) is 50.5 Å². The Bertz CT molecular complexity index is 672. The van der Waals surface area contributed by atoms with Crippen LogP contribution >= 0.6 is 12.4 Å². The molecule has 1 saturated heterocycles. The number of halogens is 1. The van der Waals surface area contributed by atoms with Crippen LogP contribution in [0.5, 0.6) is 0 Å². The highest BCUT2D eigenvalue weighted by atomic mass is 35.5. The van der Waals surface area contributed by atoms with Crippen LogP contribution in [0.4, 0.5) is 0 Å². The number of hydrogen-bond donors (Lipinski definition) is 1. The first-order valence-corrected chi connectivity index (χ1v) is 10.5. The van der Waals surface area contributed by atoms with E-state index in [0.717, 1.165) is 44.9 Å². The molecule has 3 aliphatic rings. The maximum atomic E-state index is 13.2. The SMILES string of the molecule is Cl.NC1CCC(C(=O)N2CCC(C(=O)N(Cc3ccccc3)C3CC3)CC2)C1. The van der Waals surface area contributed by atoms with Gasteiger partial charge < -0.3 is 15.5 Å². The average Bonchev–Trinajstić information content (AvgIpc) is 3.46. The van der Waals surface area contributed by atoms with E-state index in [4.69, 9.17) is 5.73 Å². The second kappa shape index (κ2) is 9.27. The summed E-state index contributed by atoms with van der Waals surface area (Å²) in [4.78, 5) is 29.9. The molecule has 3 fully saturated rings. The summed E-state index contributed by atoms with van der Waals surface area (Å²) in [5.41, 5.74) is 7.16. The molecule has 4 rings (SSSR count). The molecular weight excluding hydrogens is 374 g/mol. The largest absolute Gasteiger partial charge is 0.342 e. The maximum Gasteiger partial charge on any atom is 0.226 e. The number of carbonyl (C=O) groups excluding carboxylic acids is 2. The fraction of sp³-hybridized carbons (Fsp3) is 0.636. The number of hydrogen-bond acceptors (Lipinski definition) is 3. The summed E-state index contributed by atoms with van der Waals surface area (Å²) in [6.07, 6.45) is 6.54. The molecular formula is C22H32ClN3O2. The number of piperidine rings is 1. The minimum atomic E-state index is 0. The molecule has 2 saturated carbocycles. The van der Waals surface area contributed by atoms with Gasteiger partial charge in [0.15, 0.2) is 0 Å². The third kappa shape index (κ3) is 4.87. The summed E-state index contributed by atoms with van der Waals surface area (Å²) in [5, 5.41) is 0. The van der Waals surface area contributed by atoms with Crippen molar-refractivity contribution in [2.75, 3.05) is 13.1 Å². The topological polar surface area (TPSA) is 66.6 Å². The van der Waals surface area contributed by atoms with Crippen LogP contribution in [0.2, 0.25) is 0 Å². The lowest BCUT2D eigenvalue weighted by Gasteiger charge is -2.35. The van der Waals surface area contributed by atoms with Crippen LogP contribution < -0.4 is 5.73 Å². The van der Waals surface area contributed by atoms with Gasteiger partial charge in [0.05, 0.1) is 0 Å². The van der Waals surface area contributed by atoms with Crippen molar-refractivity contribution in [2.24, 2.45) is 17.6 Å². The Morgan fingerprint density at radius 2 is 1.64 bits per heavy atom. The predicted octanol–water partition coefficient (Wildman–Crippen LogP) is 2.97. The molecule has 1 aromatic carbocycles. The third-order valence-electron chi connectivity index (χ3n) is 6.44. The standard InChI is InChI=1S/C22H31N3O2.ClH/c23-19-7-6-18(14-19)21(26)24-12-10-17(11-13-24)22(27)25(20-8-9-20)15-16-4-2-1-3-5-16;/h1-5,17-20H,6-15,23H2;1H. The van der Waals surface area contributed by atoms with Crippen molar-refractivity contribution < 1.29 is 9.59 Å². The van der Waals surface area contributed by atoms with Gasteiger partial charge in [-0.05, 0) is 50.5 Å². The first-order chi connectivity index (χ1) is 13.1. The van der Waals surface area contributed by atoms with Gasteiger partial charge in [-0.1, -0.05) is 30.3 Å². The quantitative estimate of drug-likeness (QED) is 0.818. The highest BCUT2D eigenvalue weighted by Crippen LogP contribution is 2.33. The molecule has 2 atom stereocenters. The van der Waals surface area contributed by atoms with Gasteiger partial charge in [-0.15, -0.1) is 12.4 Å². The molecule has 2 N–H and O–H groups in total. The minimum Gasteiger partial charge on any atom is -0.342 e. The molecule has 2 unspecified atom stereocenters. The predicted molar refractivity (Wildman–Crippen MR) is 112 cm³/mol. The van der Waals surface area contributed by atoms with Gasteiger partial charge in [0.1, 0.15) is 0 Å². The molecule has 2 amide bonds. The lowest BCUT2D eigenvalue weighted by Crippen LogP contribution is -2.46. The van der Waals surface area contributed by atoms with Crippen molar-refractivity contribution in [2.45, 2.75) is 63.6 Å². The van der Waals surface area contributed by atoms with E-state index in [-0.39, 0.29) is 42.1 Å². The lowest BCUT2D eigenvalue weighted by molar-refractivity contribution is -0.143. The summed E-state index contributed by atoms with van der Waals surface area (Å²) in [7, 11) is 0. The van der Waals surface area contributed by atoms with Crippen molar-refractivity contribution in [3.63, 3.8) is 0 Å². The van der Waals surface area contributed by atoms with E-state index in [2.05, 4.69) is 17.0 Å². The number of nitrogens with two attached hydrogens (primary N) is 1. The van der Waals surface area contributed by atoms with Crippen molar-refractivity contribution in [1.29, 1.82) is 0 Å². The van der Waals surface area contributed by atoms with Crippen molar-refractivity contribution in [3.05, 3.63) is 35.9 Å². The summed E-state index contributed by atoms with van der Waals surface area (Å²) in [6.45, 7) is 2.14. The molecule has 0 spiro atoms. The Kier molecular flexibility index (Phi) is 7.00. The van der Waals surface area contributed by atoms with Crippen molar-refractivity contribution in [1.82, 2.24) is 9.80 Å². The van der Waals surface area contributed by atoms with E-state index in [0.29, 0.717) is 25.7 Å². The van der Waals surface area contributed by atoms with Crippen molar-refractivity contribution in [3.8, 4) is 0 Å². The molecule has 0 radical (unpaired) electrons. The van der Waals surface area contributed by atoms with Crippen LogP contribution in [0, 0.1) is 11.8 Å². The molecule has 1 heterocycles. The van der Waals surface area contributed by atoms with Crippen LogP contribution in [0.3, 0.4) is 0 Å².